The molecule has 0 spiro atoms. The molecule has 2 atom stereocenters. The van der Waals surface area contributed by atoms with Crippen LogP contribution in [-0.2, 0) is 19.8 Å². The molecule has 0 N–H and O–H groups in total. The van der Waals surface area contributed by atoms with Gasteiger partial charge in [-0.15, -0.1) is 0 Å². The van der Waals surface area contributed by atoms with Gasteiger partial charge in [0.05, 0.1) is 6.10 Å². The minimum Gasteiger partial charge on any atom is -0.468 e. The normalized spacial score (nSPS) is 26.6. The van der Waals surface area contributed by atoms with Crippen LogP contribution in [-0.4, -0.2) is 34.2 Å². The summed E-state index contributed by atoms with van der Waals surface area (Å²) in [6.07, 6.45) is 3.19. The van der Waals surface area contributed by atoms with E-state index in [-0.39, 0.29) is 18.5 Å². The highest BCUT2D eigenvalue weighted by Crippen LogP contribution is 2.44. The van der Waals surface area contributed by atoms with Gasteiger partial charge in [-0.1, -0.05) is 12.1 Å². The summed E-state index contributed by atoms with van der Waals surface area (Å²) in [6.45, 7) is 0.247. The molecule has 0 unspecified atom stereocenters. The lowest BCUT2D eigenvalue weighted by Gasteiger charge is -2.34. The lowest BCUT2D eigenvalue weighted by Crippen LogP contribution is -2.37. The van der Waals surface area contributed by atoms with Crippen molar-refractivity contribution in [2.75, 3.05) is 28.1 Å². The molecule has 1 aliphatic rings. The Morgan fingerprint density at radius 3 is 2.79 bits per heavy atom. The highest BCUT2D eigenvalue weighted by Gasteiger charge is 2.45. The third kappa shape index (κ3) is 2.76. The van der Waals surface area contributed by atoms with E-state index in [1.807, 2.05) is 18.2 Å². The standard InChI is InChI=1S/C15H22O4/c1-16-11-19-13-7-4-6-12(10-13)15(18-3)9-5-8-14(15)17-2/h4,6-7,10,14H,5,8-9,11H2,1-3H3/t14-,15-/m1/s1. The lowest BCUT2D eigenvalue weighted by molar-refractivity contribution is -0.104. The van der Waals surface area contributed by atoms with Gasteiger partial charge >= 0.3 is 0 Å². The van der Waals surface area contributed by atoms with Crippen LogP contribution < -0.4 is 4.74 Å². The molecule has 0 aliphatic heterocycles. The Morgan fingerprint density at radius 2 is 2.11 bits per heavy atom. The van der Waals surface area contributed by atoms with Gasteiger partial charge in [-0.25, -0.2) is 0 Å². The maximum absolute atomic E-state index is 5.84. The van der Waals surface area contributed by atoms with E-state index < -0.39 is 0 Å². The number of benzene rings is 1. The predicted molar refractivity (Wildman–Crippen MR) is 72.3 cm³/mol. The first kappa shape index (κ1) is 14.3. The fourth-order valence-corrected chi connectivity index (χ4v) is 2.91. The smallest absolute Gasteiger partial charge is 0.188 e. The number of ether oxygens (including phenoxy) is 4. The average molecular weight is 266 g/mol. The van der Waals surface area contributed by atoms with E-state index in [0.29, 0.717) is 0 Å². The number of methoxy groups -OCH3 is 3. The molecule has 0 radical (unpaired) electrons. The highest BCUT2D eigenvalue weighted by molar-refractivity contribution is 5.34. The molecule has 19 heavy (non-hydrogen) atoms. The average Bonchev–Trinajstić information content (AvgIpc) is 2.89. The van der Waals surface area contributed by atoms with Crippen molar-refractivity contribution >= 4 is 0 Å². The van der Waals surface area contributed by atoms with Crippen LogP contribution in [0.3, 0.4) is 0 Å². The molecule has 1 aliphatic carbocycles. The zero-order chi connectivity index (χ0) is 13.7. The van der Waals surface area contributed by atoms with Crippen LogP contribution in [0.2, 0.25) is 0 Å². The van der Waals surface area contributed by atoms with Crippen molar-refractivity contribution in [3.05, 3.63) is 29.8 Å². The number of hydrogen-bond acceptors (Lipinski definition) is 4. The molecule has 0 saturated heterocycles. The molecule has 4 nitrogen and oxygen atoms in total. The van der Waals surface area contributed by atoms with Crippen molar-refractivity contribution in [2.45, 2.75) is 31.0 Å². The van der Waals surface area contributed by atoms with Crippen LogP contribution in [0.15, 0.2) is 24.3 Å². The minimum atomic E-state index is -0.360. The van der Waals surface area contributed by atoms with Gasteiger partial charge in [0, 0.05) is 21.3 Å². The van der Waals surface area contributed by atoms with Gasteiger partial charge in [-0.05, 0) is 37.0 Å². The van der Waals surface area contributed by atoms with Crippen molar-refractivity contribution in [3.63, 3.8) is 0 Å². The summed E-state index contributed by atoms with van der Waals surface area (Å²) < 4.78 is 21.9. The highest BCUT2D eigenvalue weighted by atomic mass is 16.7. The molecule has 2 rings (SSSR count). The van der Waals surface area contributed by atoms with Crippen LogP contribution in [0.25, 0.3) is 0 Å². The second-order valence-corrected chi connectivity index (χ2v) is 4.79. The Hall–Kier alpha value is -1.10. The molecule has 4 heteroatoms. The molecule has 0 aromatic heterocycles. The molecule has 0 bridgehead atoms. The summed E-state index contributed by atoms with van der Waals surface area (Å²) >= 11 is 0. The lowest BCUT2D eigenvalue weighted by atomic mass is 9.89. The van der Waals surface area contributed by atoms with E-state index in [9.17, 15) is 0 Å². The van der Waals surface area contributed by atoms with E-state index >= 15 is 0 Å². The van der Waals surface area contributed by atoms with E-state index in [4.69, 9.17) is 18.9 Å². The van der Waals surface area contributed by atoms with Crippen LogP contribution >= 0.6 is 0 Å². The number of rotatable bonds is 6. The van der Waals surface area contributed by atoms with Crippen molar-refractivity contribution < 1.29 is 18.9 Å². The second kappa shape index (κ2) is 6.37. The maximum Gasteiger partial charge on any atom is 0.188 e. The second-order valence-electron chi connectivity index (χ2n) is 4.79. The summed E-state index contributed by atoms with van der Waals surface area (Å²) in [4.78, 5) is 0. The molecule has 1 saturated carbocycles. The Bertz CT molecular complexity index is 407. The fourth-order valence-electron chi connectivity index (χ4n) is 2.91. The monoisotopic (exact) mass is 266 g/mol. The molecule has 1 fully saturated rings. The van der Waals surface area contributed by atoms with E-state index in [1.54, 1.807) is 21.3 Å². The summed E-state index contributed by atoms with van der Waals surface area (Å²) in [5.41, 5.74) is 0.745. The summed E-state index contributed by atoms with van der Waals surface area (Å²) in [7, 11) is 5.10. The first-order chi connectivity index (χ1) is 9.26. The first-order valence-electron chi connectivity index (χ1n) is 6.57. The molecule has 106 valence electrons. The Balaban J connectivity index is 2.27. The molecular weight excluding hydrogens is 244 g/mol. The fraction of sp³-hybridized carbons (Fsp3) is 0.600. The zero-order valence-electron chi connectivity index (χ0n) is 11.8. The SMILES string of the molecule is COCOc1cccc([C@]2(OC)CCC[C@H]2OC)c1. The minimum absolute atomic E-state index is 0.0928. The predicted octanol–water partition coefficient (Wildman–Crippen LogP) is 2.71. The van der Waals surface area contributed by atoms with Crippen molar-refractivity contribution in [1.29, 1.82) is 0 Å². The van der Waals surface area contributed by atoms with Gasteiger partial charge in [-0.3, -0.25) is 0 Å². The van der Waals surface area contributed by atoms with Gasteiger partial charge in [0.15, 0.2) is 6.79 Å². The topological polar surface area (TPSA) is 36.9 Å². The zero-order valence-corrected chi connectivity index (χ0v) is 11.8. The summed E-state index contributed by atoms with van der Waals surface area (Å²) in [6, 6.07) is 7.98. The van der Waals surface area contributed by atoms with Crippen LogP contribution in [0, 0.1) is 0 Å². The van der Waals surface area contributed by atoms with E-state index in [2.05, 4.69) is 6.07 Å². The van der Waals surface area contributed by atoms with E-state index in [0.717, 1.165) is 30.6 Å². The largest absolute Gasteiger partial charge is 0.468 e. The van der Waals surface area contributed by atoms with Crippen molar-refractivity contribution in [2.24, 2.45) is 0 Å². The molecule has 1 aromatic rings. The Labute approximate surface area is 114 Å². The van der Waals surface area contributed by atoms with Crippen LogP contribution in [0.4, 0.5) is 0 Å². The Kier molecular flexibility index (Phi) is 4.80. The van der Waals surface area contributed by atoms with Gasteiger partial charge in [-0.2, -0.15) is 0 Å². The first-order valence-corrected chi connectivity index (χ1v) is 6.57. The van der Waals surface area contributed by atoms with Gasteiger partial charge in [0.1, 0.15) is 11.4 Å². The summed E-state index contributed by atoms with van der Waals surface area (Å²) in [5.74, 6) is 0.789. The quantitative estimate of drug-likeness (QED) is 0.742. The van der Waals surface area contributed by atoms with Crippen molar-refractivity contribution in [3.8, 4) is 5.75 Å². The third-order valence-corrected chi connectivity index (χ3v) is 3.85. The Morgan fingerprint density at radius 1 is 1.26 bits per heavy atom. The van der Waals surface area contributed by atoms with Crippen LogP contribution in [0.1, 0.15) is 24.8 Å². The van der Waals surface area contributed by atoms with Gasteiger partial charge in [0.2, 0.25) is 0 Å². The van der Waals surface area contributed by atoms with Crippen molar-refractivity contribution in [1.82, 2.24) is 0 Å². The molecular formula is C15H22O4. The van der Waals surface area contributed by atoms with Crippen LogP contribution in [0.5, 0.6) is 5.75 Å². The van der Waals surface area contributed by atoms with Gasteiger partial charge in [0.25, 0.3) is 0 Å². The summed E-state index contributed by atoms with van der Waals surface area (Å²) in [5, 5.41) is 0. The maximum atomic E-state index is 5.84. The molecule has 1 aromatic carbocycles. The van der Waals surface area contributed by atoms with E-state index in [1.165, 1.54) is 0 Å². The molecule has 0 heterocycles. The molecule has 0 amide bonds. The number of hydrogen-bond donors (Lipinski definition) is 0. The third-order valence-electron chi connectivity index (χ3n) is 3.85. The van der Waals surface area contributed by atoms with Gasteiger partial charge < -0.3 is 18.9 Å².